The van der Waals surface area contributed by atoms with Crippen LogP contribution in [0.4, 0.5) is 0 Å². The monoisotopic (exact) mass is 127 g/mol. The molecule has 2 saturated heterocycles. The number of fused-ring (bicyclic) bond motifs is 1. The molecule has 2 heterocycles. The Morgan fingerprint density at radius 3 is 3.00 bits per heavy atom. The summed E-state index contributed by atoms with van der Waals surface area (Å²) in [6, 6.07) is 0. The van der Waals surface area contributed by atoms with Gasteiger partial charge in [-0.05, 0) is 6.92 Å². The molecular formula is C6H9NO2. The number of hydrogen-bond donors (Lipinski definition) is 0. The van der Waals surface area contributed by atoms with Crippen LogP contribution in [0.15, 0.2) is 0 Å². The quantitative estimate of drug-likeness (QED) is 0.427. The molecule has 2 rings (SSSR count). The number of ether oxygens (including phenoxy) is 1. The molecule has 2 aliphatic heterocycles. The van der Waals surface area contributed by atoms with Crippen molar-refractivity contribution >= 4 is 5.91 Å². The molecule has 3 nitrogen and oxygen atoms in total. The van der Waals surface area contributed by atoms with Crippen LogP contribution in [-0.4, -0.2) is 29.7 Å². The Morgan fingerprint density at radius 2 is 2.56 bits per heavy atom. The van der Waals surface area contributed by atoms with Gasteiger partial charge in [0.15, 0.2) is 0 Å². The van der Waals surface area contributed by atoms with Gasteiger partial charge >= 0.3 is 0 Å². The van der Waals surface area contributed by atoms with Crippen molar-refractivity contribution in [3.05, 3.63) is 0 Å². The molecule has 0 aromatic rings. The highest BCUT2D eigenvalue weighted by Crippen LogP contribution is 2.27. The number of hydrogen-bond acceptors (Lipinski definition) is 2. The van der Waals surface area contributed by atoms with Crippen LogP contribution in [0, 0.1) is 0 Å². The zero-order valence-electron chi connectivity index (χ0n) is 5.33. The highest BCUT2D eigenvalue weighted by atomic mass is 16.5. The lowest BCUT2D eigenvalue weighted by molar-refractivity contribution is -0.156. The average molecular weight is 127 g/mol. The molecule has 2 fully saturated rings. The molecule has 0 radical (unpaired) electrons. The largest absolute Gasteiger partial charge is 0.353 e. The minimum absolute atomic E-state index is 0.132. The predicted octanol–water partition coefficient (Wildman–Crippen LogP) is -0.0365. The van der Waals surface area contributed by atoms with E-state index in [1.165, 1.54) is 0 Å². The van der Waals surface area contributed by atoms with E-state index in [4.69, 9.17) is 4.74 Å². The number of carbonyl (C=O) groups excluding carboxylic acids is 1. The van der Waals surface area contributed by atoms with Crippen LogP contribution in [0.3, 0.4) is 0 Å². The third-order valence-electron chi connectivity index (χ3n) is 1.86. The van der Waals surface area contributed by atoms with Gasteiger partial charge in [-0.2, -0.15) is 0 Å². The fraction of sp³-hybridized carbons (Fsp3) is 0.833. The summed E-state index contributed by atoms with van der Waals surface area (Å²) in [5, 5.41) is 0. The first-order valence-electron chi connectivity index (χ1n) is 3.22. The maximum Gasteiger partial charge on any atom is 0.229 e. The van der Waals surface area contributed by atoms with Crippen LogP contribution in [0.25, 0.3) is 0 Å². The van der Waals surface area contributed by atoms with Crippen LogP contribution in [0.2, 0.25) is 0 Å². The second-order valence-electron chi connectivity index (χ2n) is 2.65. The van der Waals surface area contributed by atoms with Gasteiger partial charge in [-0.15, -0.1) is 0 Å². The summed E-state index contributed by atoms with van der Waals surface area (Å²) >= 11 is 0. The van der Waals surface area contributed by atoms with E-state index in [2.05, 4.69) is 0 Å². The van der Waals surface area contributed by atoms with Crippen molar-refractivity contribution in [1.29, 1.82) is 0 Å². The Hall–Kier alpha value is -0.570. The van der Waals surface area contributed by atoms with E-state index in [0.717, 1.165) is 6.54 Å². The van der Waals surface area contributed by atoms with Crippen LogP contribution < -0.4 is 0 Å². The van der Waals surface area contributed by atoms with E-state index in [1.54, 1.807) is 4.90 Å². The lowest BCUT2D eigenvalue weighted by Crippen LogP contribution is -2.48. The van der Waals surface area contributed by atoms with Crippen molar-refractivity contribution in [3.63, 3.8) is 0 Å². The Balaban J connectivity index is 2.08. The highest BCUT2D eigenvalue weighted by molar-refractivity contribution is 5.82. The van der Waals surface area contributed by atoms with Crippen LogP contribution >= 0.6 is 0 Å². The number of β-lactam (4-membered cyclic amide) rings is 1. The van der Waals surface area contributed by atoms with E-state index < -0.39 is 0 Å². The van der Waals surface area contributed by atoms with E-state index >= 15 is 0 Å². The Bertz CT molecular complexity index is 157. The van der Waals surface area contributed by atoms with E-state index in [1.807, 2.05) is 6.92 Å². The Kier molecular flexibility index (Phi) is 0.858. The summed E-state index contributed by atoms with van der Waals surface area (Å²) in [7, 11) is 0. The molecule has 2 unspecified atom stereocenters. The predicted molar refractivity (Wildman–Crippen MR) is 30.7 cm³/mol. The van der Waals surface area contributed by atoms with Gasteiger partial charge in [0.05, 0.1) is 12.5 Å². The molecule has 2 atom stereocenters. The zero-order chi connectivity index (χ0) is 6.43. The fourth-order valence-corrected chi connectivity index (χ4v) is 1.35. The standard InChI is InChI=1S/C6H9NO2/c1-4-3-7-5(8)2-6(7)9-4/h4,6H,2-3H2,1H3. The van der Waals surface area contributed by atoms with Crippen LogP contribution in [0.5, 0.6) is 0 Å². The van der Waals surface area contributed by atoms with Crippen molar-refractivity contribution in [1.82, 2.24) is 4.90 Å². The van der Waals surface area contributed by atoms with E-state index in [-0.39, 0.29) is 18.2 Å². The van der Waals surface area contributed by atoms with Gasteiger partial charge in [0.25, 0.3) is 0 Å². The summed E-state index contributed by atoms with van der Waals surface area (Å²) in [5.74, 6) is 0.240. The number of nitrogens with zero attached hydrogens (tertiary/aromatic N) is 1. The van der Waals surface area contributed by atoms with E-state index in [9.17, 15) is 4.79 Å². The molecule has 50 valence electrons. The molecular weight excluding hydrogens is 118 g/mol. The number of rotatable bonds is 0. The van der Waals surface area contributed by atoms with Crippen LogP contribution in [0.1, 0.15) is 13.3 Å². The molecule has 0 saturated carbocycles. The summed E-state index contributed by atoms with van der Waals surface area (Å²) in [6.45, 7) is 2.79. The second kappa shape index (κ2) is 1.48. The highest BCUT2D eigenvalue weighted by Gasteiger charge is 2.43. The summed E-state index contributed by atoms with van der Waals surface area (Å²) < 4.78 is 5.34. The fourth-order valence-electron chi connectivity index (χ4n) is 1.35. The second-order valence-corrected chi connectivity index (χ2v) is 2.65. The topological polar surface area (TPSA) is 29.5 Å². The molecule has 0 bridgehead atoms. The minimum atomic E-state index is 0.132. The molecule has 0 aliphatic carbocycles. The molecule has 0 aromatic carbocycles. The van der Waals surface area contributed by atoms with Crippen molar-refractivity contribution < 1.29 is 9.53 Å². The molecule has 0 N–H and O–H groups in total. The van der Waals surface area contributed by atoms with Gasteiger partial charge < -0.3 is 9.64 Å². The third kappa shape index (κ3) is 0.580. The van der Waals surface area contributed by atoms with Gasteiger partial charge in [0.2, 0.25) is 5.91 Å². The van der Waals surface area contributed by atoms with Gasteiger partial charge in [0.1, 0.15) is 6.23 Å². The van der Waals surface area contributed by atoms with Gasteiger partial charge in [-0.25, -0.2) is 0 Å². The maximum atomic E-state index is 10.7. The van der Waals surface area contributed by atoms with Gasteiger partial charge in [0, 0.05) is 6.54 Å². The molecule has 0 aromatic heterocycles. The molecule has 1 amide bonds. The number of amides is 1. The van der Waals surface area contributed by atoms with Gasteiger partial charge in [-0.3, -0.25) is 4.79 Å². The molecule has 3 heteroatoms. The van der Waals surface area contributed by atoms with E-state index in [0.29, 0.717) is 6.42 Å². The molecule has 9 heavy (non-hydrogen) atoms. The lowest BCUT2D eigenvalue weighted by Gasteiger charge is -2.31. The third-order valence-corrected chi connectivity index (χ3v) is 1.86. The van der Waals surface area contributed by atoms with Crippen LogP contribution in [-0.2, 0) is 9.53 Å². The number of carbonyl (C=O) groups is 1. The van der Waals surface area contributed by atoms with Crippen molar-refractivity contribution in [2.75, 3.05) is 6.54 Å². The summed E-state index contributed by atoms with van der Waals surface area (Å²) in [4.78, 5) is 12.5. The average Bonchev–Trinajstić information content (AvgIpc) is 2.08. The minimum Gasteiger partial charge on any atom is -0.353 e. The summed E-state index contributed by atoms with van der Waals surface area (Å²) in [6.07, 6.45) is 0.985. The normalized spacial score (nSPS) is 40.6. The van der Waals surface area contributed by atoms with Crippen molar-refractivity contribution in [2.24, 2.45) is 0 Å². The molecule has 0 spiro atoms. The summed E-state index contributed by atoms with van der Waals surface area (Å²) in [5.41, 5.74) is 0. The lowest BCUT2D eigenvalue weighted by atomic mass is 10.2. The zero-order valence-corrected chi connectivity index (χ0v) is 5.33. The maximum absolute atomic E-state index is 10.7. The first-order chi connectivity index (χ1) is 4.27. The molecule has 2 aliphatic rings. The first kappa shape index (κ1) is 5.23. The van der Waals surface area contributed by atoms with Gasteiger partial charge in [-0.1, -0.05) is 0 Å². The van der Waals surface area contributed by atoms with Crippen molar-refractivity contribution in [3.8, 4) is 0 Å². The first-order valence-corrected chi connectivity index (χ1v) is 3.22. The Morgan fingerprint density at radius 1 is 1.78 bits per heavy atom. The smallest absolute Gasteiger partial charge is 0.229 e. The Labute approximate surface area is 53.6 Å². The van der Waals surface area contributed by atoms with Crippen molar-refractivity contribution in [2.45, 2.75) is 25.7 Å². The SMILES string of the molecule is CC1CN2C(=O)CC2O1.